The first-order valence-electron chi connectivity index (χ1n) is 6.05. The molecule has 7 heteroatoms. The van der Waals surface area contributed by atoms with Gasteiger partial charge in [0.05, 0.1) is 17.2 Å². The molecule has 2 aliphatic heterocycles. The number of hydrogen-bond donors (Lipinski definition) is 4. The second-order valence-corrected chi connectivity index (χ2v) is 5.22. The zero-order valence-electron chi connectivity index (χ0n) is 10.7. The van der Waals surface area contributed by atoms with Crippen LogP contribution in [-0.2, 0) is 0 Å². The molecule has 0 aliphatic carbocycles. The van der Waals surface area contributed by atoms with Crippen LogP contribution in [0.2, 0.25) is 0 Å². The van der Waals surface area contributed by atoms with Crippen molar-refractivity contribution in [2.24, 2.45) is 0 Å². The van der Waals surface area contributed by atoms with E-state index in [2.05, 4.69) is 10.6 Å². The van der Waals surface area contributed by atoms with Gasteiger partial charge in [-0.15, -0.1) is 0 Å². The van der Waals surface area contributed by atoms with Gasteiger partial charge in [-0.05, 0) is 36.9 Å². The van der Waals surface area contributed by atoms with E-state index >= 15 is 0 Å². The Hall–Kier alpha value is -2.28. The highest BCUT2D eigenvalue weighted by molar-refractivity contribution is 8.18. The maximum absolute atomic E-state index is 11.4. The van der Waals surface area contributed by atoms with Gasteiger partial charge in [0.2, 0.25) is 0 Å². The molecule has 0 radical (unpaired) electrons. The van der Waals surface area contributed by atoms with E-state index in [0.29, 0.717) is 23.0 Å². The summed E-state index contributed by atoms with van der Waals surface area (Å²) in [7, 11) is 0. The number of ether oxygens (including phenoxy) is 1. The summed E-state index contributed by atoms with van der Waals surface area (Å²) in [4.78, 5) is 11.9. The van der Waals surface area contributed by atoms with Crippen molar-refractivity contribution in [3.05, 3.63) is 34.2 Å². The van der Waals surface area contributed by atoms with E-state index in [1.165, 1.54) is 0 Å². The maximum Gasteiger partial charge on any atom is 0.289 e. The summed E-state index contributed by atoms with van der Waals surface area (Å²) in [5.41, 5.74) is 2.13. The lowest BCUT2D eigenvalue weighted by atomic mass is 10.1. The van der Waals surface area contributed by atoms with Crippen LogP contribution in [0.3, 0.4) is 0 Å². The second kappa shape index (κ2) is 4.68. The first-order valence-corrected chi connectivity index (χ1v) is 6.87. The van der Waals surface area contributed by atoms with Crippen LogP contribution < -0.4 is 15.4 Å². The van der Waals surface area contributed by atoms with Crippen molar-refractivity contribution in [2.75, 3.05) is 6.61 Å². The van der Waals surface area contributed by atoms with Crippen molar-refractivity contribution in [2.45, 2.75) is 6.92 Å². The average molecular weight is 288 g/mol. The van der Waals surface area contributed by atoms with Gasteiger partial charge in [-0.1, -0.05) is 0 Å². The minimum atomic E-state index is -0.278. The summed E-state index contributed by atoms with van der Waals surface area (Å²) < 4.78 is 5.46. The van der Waals surface area contributed by atoms with Gasteiger partial charge >= 0.3 is 0 Å². The number of carbonyl (C=O) groups excluding carboxylic acids is 1. The highest BCUT2D eigenvalue weighted by Gasteiger charge is 2.31. The fourth-order valence-corrected chi connectivity index (χ4v) is 2.90. The molecule has 0 atom stereocenters. The van der Waals surface area contributed by atoms with Crippen LogP contribution >= 0.6 is 11.8 Å². The highest BCUT2D eigenvalue weighted by atomic mass is 32.2. The van der Waals surface area contributed by atoms with Gasteiger partial charge in [0.15, 0.2) is 0 Å². The molecule has 102 valence electrons. The molecule has 1 fully saturated rings. The molecule has 1 amide bonds. The molecule has 2 heterocycles. The van der Waals surface area contributed by atoms with Gasteiger partial charge in [0.25, 0.3) is 5.24 Å². The lowest BCUT2D eigenvalue weighted by molar-refractivity contribution is 0.265. The Morgan fingerprint density at radius 2 is 2.00 bits per heavy atom. The Bertz CT molecular complexity index is 681. The van der Waals surface area contributed by atoms with Crippen molar-refractivity contribution in [1.29, 1.82) is 10.8 Å². The largest absolute Gasteiger partial charge is 0.494 e. The molecular weight excluding hydrogens is 276 g/mol. The second-order valence-electron chi connectivity index (χ2n) is 4.23. The number of thioether (sulfide) groups is 1. The zero-order chi connectivity index (χ0) is 14.3. The summed E-state index contributed by atoms with van der Waals surface area (Å²) in [6, 6.07) is 5.44. The molecule has 20 heavy (non-hydrogen) atoms. The first kappa shape index (κ1) is 12.7. The number of carbonyl (C=O) groups is 1. The van der Waals surface area contributed by atoms with Crippen LogP contribution in [0.4, 0.5) is 4.79 Å². The maximum atomic E-state index is 11.4. The Balaban J connectivity index is 2.12. The molecule has 0 bridgehead atoms. The van der Waals surface area contributed by atoms with Crippen LogP contribution in [0.15, 0.2) is 23.1 Å². The van der Waals surface area contributed by atoms with Crippen molar-refractivity contribution in [1.82, 2.24) is 10.6 Å². The standard InChI is InChI=1S/C13H12N4O2S/c1-2-19-6-3-4-7-8(5-6)9(16-11(7)14)10-12(15)17-13(18)20-10/h3-5H,2H2,1H3,(H2,14,16)(H2,15,17,18). The van der Waals surface area contributed by atoms with Crippen molar-refractivity contribution in [3.8, 4) is 5.75 Å². The molecule has 1 aromatic rings. The van der Waals surface area contributed by atoms with E-state index in [1.807, 2.05) is 25.1 Å². The van der Waals surface area contributed by atoms with Crippen molar-refractivity contribution < 1.29 is 9.53 Å². The Morgan fingerprint density at radius 1 is 1.20 bits per heavy atom. The molecule has 1 aromatic carbocycles. The molecule has 0 unspecified atom stereocenters. The molecule has 0 aromatic heterocycles. The fraction of sp³-hybridized carbons (Fsp3) is 0.154. The van der Waals surface area contributed by atoms with E-state index in [-0.39, 0.29) is 16.9 Å². The number of hydrogen-bond acceptors (Lipinski definition) is 5. The number of amides is 1. The topological polar surface area (TPSA) is 98.1 Å². The molecular formula is C13H12N4O2S. The van der Waals surface area contributed by atoms with E-state index < -0.39 is 0 Å². The summed E-state index contributed by atoms with van der Waals surface area (Å²) in [6.07, 6.45) is 0. The van der Waals surface area contributed by atoms with Crippen molar-refractivity contribution >= 4 is 34.4 Å². The number of nitrogens with one attached hydrogen (secondary N) is 4. The van der Waals surface area contributed by atoms with Gasteiger partial charge in [-0.25, -0.2) is 0 Å². The first-order chi connectivity index (χ1) is 9.60. The molecule has 4 N–H and O–H groups in total. The number of fused-ring (bicyclic) bond motifs is 1. The van der Waals surface area contributed by atoms with Gasteiger partial charge in [0.1, 0.15) is 17.4 Å². The molecule has 0 saturated carbocycles. The monoisotopic (exact) mass is 288 g/mol. The fourth-order valence-electron chi connectivity index (χ4n) is 2.15. The van der Waals surface area contributed by atoms with Crippen LogP contribution in [0, 0.1) is 10.8 Å². The van der Waals surface area contributed by atoms with Crippen molar-refractivity contribution in [3.63, 3.8) is 0 Å². The molecule has 2 aliphatic rings. The minimum absolute atomic E-state index is 0.0602. The third-order valence-electron chi connectivity index (χ3n) is 2.97. The van der Waals surface area contributed by atoms with E-state index in [0.717, 1.165) is 22.9 Å². The summed E-state index contributed by atoms with van der Waals surface area (Å²) in [6.45, 7) is 2.46. The quantitative estimate of drug-likeness (QED) is 0.670. The van der Waals surface area contributed by atoms with Gasteiger partial charge < -0.3 is 15.4 Å². The average Bonchev–Trinajstić information content (AvgIpc) is 2.90. The van der Waals surface area contributed by atoms with E-state index in [9.17, 15) is 4.79 Å². The summed E-state index contributed by atoms with van der Waals surface area (Å²) in [5.74, 6) is 1.03. The van der Waals surface area contributed by atoms with Gasteiger partial charge in [-0.3, -0.25) is 15.6 Å². The smallest absolute Gasteiger partial charge is 0.289 e. The number of benzene rings is 1. The minimum Gasteiger partial charge on any atom is -0.494 e. The summed E-state index contributed by atoms with van der Waals surface area (Å²) in [5, 5.41) is 20.8. The highest BCUT2D eigenvalue weighted by Crippen LogP contribution is 2.36. The summed E-state index contributed by atoms with van der Waals surface area (Å²) >= 11 is 0.961. The Morgan fingerprint density at radius 3 is 2.65 bits per heavy atom. The zero-order valence-corrected chi connectivity index (χ0v) is 11.5. The van der Waals surface area contributed by atoms with E-state index in [4.69, 9.17) is 15.6 Å². The molecule has 3 rings (SSSR count). The van der Waals surface area contributed by atoms with Crippen LogP contribution in [0.1, 0.15) is 18.1 Å². The van der Waals surface area contributed by atoms with E-state index in [1.54, 1.807) is 0 Å². The third kappa shape index (κ3) is 1.96. The Labute approximate surface area is 119 Å². The number of amidine groups is 2. The third-order valence-corrected chi connectivity index (χ3v) is 3.87. The molecule has 6 nitrogen and oxygen atoms in total. The van der Waals surface area contributed by atoms with Crippen LogP contribution in [-0.4, -0.2) is 23.5 Å². The lowest BCUT2D eigenvalue weighted by Crippen LogP contribution is -2.19. The van der Waals surface area contributed by atoms with Crippen LogP contribution in [0.25, 0.3) is 5.70 Å². The molecule has 0 spiro atoms. The predicted octanol–water partition coefficient (Wildman–Crippen LogP) is 2.12. The predicted molar refractivity (Wildman–Crippen MR) is 78.3 cm³/mol. The Kier molecular flexibility index (Phi) is 2.98. The lowest BCUT2D eigenvalue weighted by Gasteiger charge is -2.07. The number of rotatable bonds is 2. The normalized spacial score (nSPS) is 20.8. The SMILES string of the molecule is CCOc1ccc2c(c1)C(=C1SC(=O)NC1=N)NC2=N. The molecule has 1 saturated heterocycles. The van der Waals surface area contributed by atoms with Gasteiger partial charge in [-0.2, -0.15) is 0 Å². The van der Waals surface area contributed by atoms with Gasteiger partial charge in [0, 0.05) is 11.1 Å². The van der Waals surface area contributed by atoms with Crippen LogP contribution in [0.5, 0.6) is 5.75 Å².